The highest BCUT2D eigenvalue weighted by Gasteiger charge is 2.26. The van der Waals surface area contributed by atoms with Crippen molar-refractivity contribution in [2.24, 2.45) is 11.7 Å². The molecular formula is C16H28N2O2S. The molecule has 1 rings (SSSR count). The molecule has 0 saturated heterocycles. The van der Waals surface area contributed by atoms with E-state index in [9.17, 15) is 8.42 Å². The van der Waals surface area contributed by atoms with Crippen LogP contribution in [0.4, 0.5) is 0 Å². The minimum absolute atomic E-state index is 0.355. The van der Waals surface area contributed by atoms with E-state index in [-0.39, 0.29) is 0 Å². The lowest BCUT2D eigenvalue weighted by atomic mass is 10.0. The Bertz CT molecular complexity index is 551. The summed E-state index contributed by atoms with van der Waals surface area (Å²) in [5.41, 5.74) is 7.34. The third-order valence-electron chi connectivity index (χ3n) is 4.20. The van der Waals surface area contributed by atoms with Gasteiger partial charge < -0.3 is 5.73 Å². The molecular weight excluding hydrogens is 284 g/mol. The van der Waals surface area contributed by atoms with Gasteiger partial charge >= 0.3 is 0 Å². The Morgan fingerprint density at radius 2 is 1.81 bits per heavy atom. The molecule has 0 amide bonds. The van der Waals surface area contributed by atoms with Gasteiger partial charge in [0.2, 0.25) is 10.0 Å². The van der Waals surface area contributed by atoms with Crippen LogP contribution in [0, 0.1) is 12.8 Å². The summed E-state index contributed by atoms with van der Waals surface area (Å²) in [6, 6.07) is 5.33. The largest absolute Gasteiger partial charge is 0.326 e. The van der Waals surface area contributed by atoms with Crippen molar-refractivity contribution in [1.29, 1.82) is 0 Å². The van der Waals surface area contributed by atoms with E-state index in [2.05, 4.69) is 13.8 Å². The normalized spacial score (nSPS) is 12.3. The third kappa shape index (κ3) is 4.05. The molecule has 4 nitrogen and oxygen atoms in total. The second-order valence-corrected chi connectivity index (χ2v) is 7.29. The van der Waals surface area contributed by atoms with E-state index >= 15 is 0 Å². The standard InChI is InChI=1S/C16H28N2O2S/c1-5-14(6-2)12-18(7-3)21(19,20)16-10-8-9-15(11-17)13(16)4/h8-10,14H,5-7,11-12,17H2,1-4H3. The fourth-order valence-electron chi connectivity index (χ4n) is 2.53. The number of sulfonamides is 1. The third-order valence-corrected chi connectivity index (χ3v) is 6.29. The maximum absolute atomic E-state index is 12.9. The average Bonchev–Trinajstić information content (AvgIpc) is 2.48. The SMILES string of the molecule is CCC(CC)CN(CC)S(=O)(=O)c1cccc(CN)c1C. The van der Waals surface area contributed by atoms with Crippen LogP contribution in [0.5, 0.6) is 0 Å². The molecule has 0 aliphatic carbocycles. The van der Waals surface area contributed by atoms with Crippen molar-refractivity contribution in [2.75, 3.05) is 13.1 Å². The van der Waals surface area contributed by atoms with Gasteiger partial charge in [0.1, 0.15) is 0 Å². The fraction of sp³-hybridized carbons (Fsp3) is 0.625. The van der Waals surface area contributed by atoms with Crippen LogP contribution in [-0.4, -0.2) is 25.8 Å². The molecule has 21 heavy (non-hydrogen) atoms. The van der Waals surface area contributed by atoms with Crippen LogP contribution >= 0.6 is 0 Å². The maximum atomic E-state index is 12.9. The molecule has 0 saturated carbocycles. The molecule has 1 aromatic carbocycles. The lowest BCUT2D eigenvalue weighted by Gasteiger charge is -2.26. The summed E-state index contributed by atoms with van der Waals surface area (Å²) in [7, 11) is -3.45. The number of rotatable bonds is 8. The summed E-state index contributed by atoms with van der Waals surface area (Å²) in [6.45, 7) is 9.36. The Hall–Kier alpha value is -0.910. The minimum atomic E-state index is -3.45. The van der Waals surface area contributed by atoms with Gasteiger partial charge in [-0.25, -0.2) is 8.42 Å². The average molecular weight is 312 g/mol. The topological polar surface area (TPSA) is 63.4 Å². The quantitative estimate of drug-likeness (QED) is 0.803. The highest BCUT2D eigenvalue weighted by molar-refractivity contribution is 7.89. The number of hydrogen-bond donors (Lipinski definition) is 1. The van der Waals surface area contributed by atoms with Gasteiger partial charge in [-0.2, -0.15) is 4.31 Å². The zero-order chi connectivity index (χ0) is 16.0. The Balaban J connectivity index is 3.19. The Labute approximate surface area is 129 Å². The molecule has 0 heterocycles. The molecule has 0 aromatic heterocycles. The van der Waals surface area contributed by atoms with Crippen LogP contribution in [0.25, 0.3) is 0 Å². The molecule has 0 spiro atoms. The van der Waals surface area contributed by atoms with Crippen LogP contribution in [-0.2, 0) is 16.6 Å². The van der Waals surface area contributed by atoms with Crippen LogP contribution < -0.4 is 5.73 Å². The van der Waals surface area contributed by atoms with E-state index in [0.717, 1.165) is 24.0 Å². The smallest absolute Gasteiger partial charge is 0.243 e. The predicted octanol–water partition coefficient (Wildman–Crippen LogP) is 2.90. The first kappa shape index (κ1) is 18.1. The lowest BCUT2D eigenvalue weighted by Crippen LogP contribution is -2.35. The highest BCUT2D eigenvalue weighted by atomic mass is 32.2. The first-order valence-corrected chi connectivity index (χ1v) is 9.14. The first-order valence-electron chi connectivity index (χ1n) is 7.70. The molecule has 0 atom stereocenters. The monoisotopic (exact) mass is 312 g/mol. The summed E-state index contributed by atoms with van der Waals surface area (Å²) in [4.78, 5) is 0.387. The Morgan fingerprint density at radius 3 is 2.29 bits per heavy atom. The second kappa shape index (κ2) is 7.92. The molecule has 0 radical (unpaired) electrons. The minimum Gasteiger partial charge on any atom is -0.326 e. The maximum Gasteiger partial charge on any atom is 0.243 e. The van der Waals surface area contributed by atoms with Crippen molar-refractivity contribution < 1.29 is 8.42 Å². The van der Waals surface area contributed by atoms with Gasteiger partial charge in [0.25, 0.3) is 0 Å². The van der Waals surface area contributed by atoms with Crippen molar-refractivity contribution in [2.45, 2.75) is 52.0 Å². The van der Waals surface area contributed by atoms with E-state index in [1.54, 1.807) is 16.4 Å². The van der Waals surface area contributed by atoms with Crippen molar-refractivity contribution in [1.82, 2.24) is 4.31 Å². The van der Waals surface area contributed by atoms with Gasteiger partial charge in [0.05, 0.1) is 4.90 Å². The lowest BCUT2D eigenvalue weighted by molar-refractivity contribution is 0.339. The molecule has 120 valence electrons. The Morgan fingerprint density at radius 1 is 1.19 bits per heavy atom. The van der Waals surface area contributed by atoms with E-state index in [1.165, 1.54) is 0 Å². The molecule has 2 N–H and O–H groups in total. The Kier molecular flexibility index (Phi) is 6.84. The van der Waals surface area contributed by atoms with Crippen molar-refractivity contribution in [3.05, 3.63) is 29.3 Å². The van der Waals surface area contributed by atoms with Gasteiger partial charge in [-0.15, -0.1) is 0 Å². The van der Waals surface area contributed by atoms with Gasteiger partial charge in [-0.05, 0) is 30.0 Å². The molecule has 0 bridgehead atoms. The molecule has 0 aliphatic heterocycles. The van der Waals surface area contributed by atoms with E-state index < -0.39 is 10.0 Å². The summed E-state index contributed by atoms with van der Waals surface area (Å²) >= 11 is 0. The summed E-state index contributed by atoms with van der Waals surface area (Å²) < 4.78 is 27.4. The highest BCUT2D eigenvalue weighted by Crippen LogP contribution is 2.24. The number of nitrogens with two attached hydrogens (primary N) is 1. The molecule has 0 unspecified atom stereocenters. The predicted molar refractivity (Wildman–Crippen MR) is 87.6 cm³/mol. The summed E-state index contributed by atoms with van der Waals surface area (Å²) in [6.07, 6.45) is 1.98. The van der Waals surface area contributed by atoms with Gasteiger partial charge in [-0.3, -0.25) is 0 Å². The van der Waals surface area contributed by atoms with E-state index in [4.69, 9.17) is 5.73 Å². The zero-order valence-electron chi connectivity index (χ0n) is 13.6. The number of nitrogens with zero attached hydrogens (tertiary/aromatic N) is 1. The zero-order valence-corrected chi connectivity index (χ0v) is 14.4. The van der Waals surface area contributed by atoms with Gasteiger partial charge in [-0.1, -0.05) is 45.7 Å². The number of hydrogen-bond acceptors (Lipinski definition) is 3. The summed E-state index contributed by atoms with van der Waals surface area (Å²) in [5.74, 6) is 0.401. The molecule has 5 heteroatoms. The van der Waals surface area contributed by atoms with Crippen molar-refractivity contribution in [3.8, 4) is 0 Å². The van der Waals surface area contributed by atoms with E-state index in [1.807, 2.05) is 19.9 Å². The van der Waals surface area contributed by atoms with Crippen LogP contribution in [0.3, 0.4) is 0 Å². The van der Waals surface area contributed by atoms with Crippen molar-refractivity contribution in [3.63, 3.8) is 0 Å². The van der Waals surface area contributed by atoms with Crippen LogP contribution in [0.1, 0.15) is 44.7 Å². The molecule has 1 aromatic rings. The van der Waals surface area contributed by atoms with E-state index in [0.29, 0.717) is 30.4 Å². The second-order valence-electron chi connectivity index (χ2n) is 5.38. The molecule has 0 fully saturated rings. The van der Waals surface area contributed by atoms with Gasteiger partial charge in [0.15, 0.2) is 0 Å². The van der Waals surface area contributed by atoms with Crippen molar-refractivity contribution >= 4 is 10.0 Å². The fourth-order valence-corrected chi connectivity index (χ4v) is 4.33. The number of benzene rings is 1. The van der Waals surface area contributed by atoms with Gasteiger partial charge in [0, 0.05) is 19.6 Å². The van der Waals surface area contributed by atoms with Crippen LogP contribution in [0.15, 0.2) is 23.1 Å². The molecule has 0 aliphatic rings. The first-order chi connectivity index (χ1) is 9.92. The summed E-state index contributed by atoms with van der Waals surface area (Å²) in [5, 5.41) is 0. The van der Waals surface area contributed by atoms with Crippen LogP contribution in [0.2, 0.25) is 0 Å².